The number of carbonyl (C=O) groups is 3. The first-order valence-electron chi connectivity index (χ1n) is 12.9. The fourth-order valence-corrected chi connectivity index (χ4v) is 8.05. The summed E-state index contributed by atoms with van der Waals surface area (Å²) in [6.07, 6.45) is 0. The van der Waals surface area contributed by atoms with E-state index in [-0.39, 0.29) is 24.7 Å². The van der Waals surface area contributed by atoms with Gasteiger partial charge in [0, 0.05) is 0 Å². The predicted octanol–water partition coefficient (Wildman–Crippen LogP) is 5.39. The molecule has 1 aromatic heterocycles. The molecule has 0 spiro atoms. The summed E-state index contributed by atoms with van der Waals surface area (Å²) in [5.41, 5.74) is 1.75. The summed E-state index contributed by atoms with van der Waals surface area (Å²) in [4.78, 5) is 45.3. The predicted molar refractivity (Wildman–Crippen MR) is 164 cm³/mol. The number of allylic oxidation sites excluding steroid dienone is 1. The van der Waals surface area contributed by atoms with Gasteiger partial charge in [0.25, 0.3) is 11.8 Å². The van der Waals surface area contributed by atoms with Crippen LogP contribution in [0, 0.1) is 0 Å². The van der Waals surface area contributed by atoms with Gasteiger partial charge in [-0.2, -0.15) is 0 Å². The summed E-state index contributed by atoms with van der Waals surface area (Å²) in [7, 11) is 3.93. The Morgan fingerprint density at radius 3 is 2.40 bits per heavy atom. The van der Waals surface area contributed by atoms with Crippen molar-refractivity contribution in [1.82, 2.24) is 15.2 Å². The zero-order valence-corrected chi connectivity index (χ0v) is 25.2. The number of methoxy groups -OCH3 is 1. The van der Waals surface area contributed by atoms with Crippen molar-refractivity contribution in [3.8, 4) is 5.75 Å². The zero-order valence-electron chi connectivity index (χ0n) is 22.7. The molecule has 1 fully saturated rings. The number of esters is 1. The van der Waals surface area contributed by atoms with E-state index in [9.17, 15) is 14.4 Å². The van der Waals surface area contributed by atoms with E-state index in [2.05, 4.69) is 10.3 Å². The number of ether oxygens (including phenoxy) is 3. The van der Waals surface area contributed by atoms with Crippen molar-refractivity contribution in [2.24, 2.45) is 0 Å². The number of hydrogen-bond donors (Lipinski definition) is 1. The van der Waals surface area contributed by atoms with Gasteiger partial charge in [0.2, 0.25) is 0 Å². The Hall–Kier alpha value is -4.00. The van der Waals surface area contributed by atoms with Gasteiger partial charge in [-0.3, -0.25) is 14.5 Å². The van der Waals surface area contributed by atoms with Gasteiger partial charge >= 0.3 is 5.97 Å². The van der Waals surface area contributed by atoms with E-state index >= 15 is 0 Å². The van der Waals surface area contributed by atoms with Crippen LogP contribution in [-0.2, 0) is 30.5 Å². The minimum Gasteiger partial charge on any atom is -0.491 e. The number of hydrogen-bond acceptors (Lipinski definition) is 10. The summed E-state index contributed by atoms with van der Waals surface area (Å²) in [6, 6.07) is 25.3. The van der Waals surface area contributed by atoms with Crippen molar-refractivity contribution in [2.45, 2.75) is 29.3 Å². The quantitative estimate of drug-likeness (QED) is 0.0733. The Labute approximate surface area is 254 Å². The zero-order chi connectivity index (χ0) is 29.5. The van der Waals surface area contributed by atoms with Crippen molar-refractivity contribution in [1.29, 1.82) is 0 Å². The van der Waals surface area contributed by atoms with Gasteiger partial charge < -0.3 is 19.5 Å². The van der Waals surface area contributed by atoms with E-state index in [1.165, 1.54) is 44.9 Å². The first-order chi connectivity index (χ1) is 20.4. The molecular formula is C30H27N3O6S3. The Morgan fingerprint density at radius 1 is 1.00 bits per heavy atom. The number of β-lactam (4-membered cyclic amide) rings is 1. The van der Waals surface area contributed by atoms with Gasteiger partial charge in [0.15, 0.2) is 16.6 Å². The third-order valence-electron chi connectivity index (χ3n) is 6.22. The second kappa shape index (κ2) is 13.8. The topological polar surface area (TPSA) is 107 Å². The van der Waals surface area contributed by atoms with Crippen molar-refractivity contribution >= 4 is 60.9 Å². The molecular weight excluding hydrogens is 595 g/mol. The molecule has 1 aliphatic rings. The summed E-state index contributed by atoms with van der Waals surface area (Å²) < 4.78 is 18.3. The Kier molecular flexibility index (Phi) is 9.67. The minimum absolute atomic E-state index is 0.0214. The van der Waals surface area contributed by atoms with Gasteiger partial charge in [-0.25, -0.2) is 9.78 Å². The Bertz CT molecular complexity index is 1560. The molecule has 3 aromatic carbocycles. The number of para-hydroxylation sites is 2. The van der Waals surface area contributed by atoms with Crippen LogP contribution >= 0.6 is 32.9 Å². The maximum absolute atomic E-state index is 13.5. The molecule has 0 radical (unpaired) electrons. The maximum atomic E-state index is 13.5. The number of nitrogens with zero attached hydrogens (tertiary/aromatic N) is 2. The van der Waals surface area contributed by atoms with Crippen LogP contribution in [0.25, 0.3) is 10.2 Å². The Morgan fingerprint density at radius 2 is 1.69 bits per heavy atom. The number of nitrogens with one attached hydrogen (secondary N) is 1. The van der Waals surface area contributed by atoms with E-state index in [0.29, 0.717) is 5.75 Å². The smallest absolute Gasteiger partial charge is 0.358 e. The Balaban J connectivity index is 1.36. The normalized spacial score (nSPS) is 16.8. The maximum Gasteiger partial charge on any atom is 0.358 e. The molecule has 2 atom stereocenters. The SMILES string of the molecule is COC(=O)C(=C(C)OCc1ccccc1)N1C(=O)C(NC(=O)COc2ccccc2)C1SSc1nc2ccccc2s1. The van der Waals surface area contributed by atoms with E-state index in [4.69, 9.17) is 14.2 Å². The number of fused-ring (bicyclic) bond motifs is 1. The lowest BCUT2D eigenvalue weighted by atomic mass is 10.1. The van der Waals surface area contributed by atoms with Gasteiger partial charge in [-0.1, -0.05) is 71.5 Å². The second-order valence-electron chi connectivity index (χ2n) is 9.04. The molecule has 2 amide bonds. The number of thiazole rings is 1. The van der Waals surface area contributed by atoms with E-state index in [1.807, 2.05) is 60.7 Å². The fraction of sp³-hybridized carbons (Fsp3) is 0.200. The van der Waals surface area contributed by atoms with Crippen LogP contribution in [0.5, 0.6) is 5.75 Å². The van der Waals surface area contributed by atoms with Crippen LogP contribution in [0.2, 0.25) is 0 Å². The lowest BCUT2D eigenvalue weighted by Gasteiger charge is -2.46. The number of benzene rings is 3. The molecule has 1 N–H and O–H groups in total. The van der Waals surface area contributed by atoms with Crippen LogP contribution in [0.15, 0.2) is 101 Å². The minimum atomic E-state index is -0.912. The molecule has 9 nitrogen and oxygen atoms in total. The van der Waals surface area contributed by atoms with Crippen molar-refractivity contribution in [2.75, 3.05) is 13.7 Å². The molecule has 5 rings (SSSR count). The highest BCUT2D eigenvalue weighted by molar-refractivity contribution is 8.77. The molecule has 12 heteroatoms. The highest BCUT2D eigenvalue weighted by Gasteiger charge is 2.53. The van der Waals surface area contributed by atoms with E-state index in [1.54, 1.807) is 31.2 Å². The lowest BCUT2D eigenvalue weighted by molar-refractivity contribution is -0.152. The third kappa shape index (κ3) is 6.89. The molecule has 42 heavy (non-hydrogen) atoms. The van der Waals surface area contributed by atoms with Gasteiger partial charge in [-0.15, -0.1) is 11.3 Å². The lowest BCUT2D eigenvalue weighted by Crippen LogP contribution is -2.69. The molecule has 2 unspecified atom stereocenters. The summed E-state index contributed by atoms with van der Waals surface area (Å²) >= 11 is 1.52. The van der Waals surface area contributed by atoms with Crippen LogP contribution in [0.4, 0.5) is 0 Å². The first-order valence-corrected chi connectivity index (χ1v) is 15.9. The standard InChI is InChI=1S/C30H27N3O6S3/c1-19(38-17-20-11-5-3-6-12-20)26(29(36)37-2)33-27(35)25(32-24(34)18-39-21-13-7-4-8-14-21)28(33)41-42-30-31-22-15-9-10-16-23(22)40-30/h3-16,25,28H,17-18H2,1-2H3,(H,32,34). The average Bonchev–Trinajstić information content (AvgIpc) is 3.45. The largest absolute Gasteiger partial charge is 0.491 e. The van der Waals surface area contributed by atoms with Gasteiger partial charge in [0.05, 0.1) is 17.3 Å². The molecule has 0 saturated carbocycles. The summed E-state index contributed by atoms with van der Waals surface area (Å²) in [5.74, 6) is -0.885. The van der Waals surface area contributed by atoms with E-state index in [0.717, 1.165) is 20.1 Å². The van der Waals surface area contributed by atoms with Gasteiger partial charge in [-0.05, 0) is 47.5 Å². The molecule has 0 aliphatic carbocycles. The molecule has 1 aliphatic heterocycles. The number of aromatic nitrogens is 1. The highest BCUT2D eigenvalue weighted by Crippen LogP contribution is 2.45. The molecule has 1 saturated heterocycles. The summed E-state index contributed by atoms with van der Waals surface area (Å²) in [5, 5.41) is 2.11. The second-order valence-corrected chi connectivity index (χ2v) is 12.6. The third-order valence-corrected chi connectivity index (χ3v) is 10.2. The first kappa shape index (κ1) is 29.5. The monoisotopic (exact) mass is 621 g/mol. The van der Waals surface area contributed by atoms with Crippen molar-refractivity contribution < 1.29 is 28.6 Å². The number of likely N-dealkylation sites (tertiary alicyclic amines) is 1. The highest BCUT2D eigenvalue weighted by atomic mass is 33.1. The van der Waals surface area contributed by atoms with Crippen molar-refractivity contribution in [3.63, 3.8) is 0 Å². The molecule has 4 aromatic rings. The molecule has 2 heterocycles. The van der Waals surface area contributed by atoms with E-state index < -0.39 is 29.2 Å². The van der Waals surface area contributed by atoms with Crippen molar-refractivity contribution in [3.05, 3.63) is 102 Å². The van der Waals surface area contributed by atoms with Crippen LogP contribution in [0.1, 0.15) is 12.5 Å². The van der Waals surface area contributed by atoms with Crippen LogP contribution < -0.4 is 10.1 Å². The number of amides is 2. The van der Waals surface area contributed by atoms with Crippen LogP contribution in [-0.4, -0.2) is 52.8 Å². The fourth-order valence-electron chi connectivity index (χ4n) is 4.13. The molecule has 0 bridgehead atoms. The number of rotatable bonds is 12. The van der Waals surface area contributed by atoms with Gasteiger partial charge in [0.1, 0.15) is 29.5 Å². The van der Waals surface area contributed by atoms with Crippen LogP contribution in [0.3, 0.4) is 0 Å². The number of carbonyl (C=O) groups excluding carboxylic acids is 3. The molecule has 216 valence electrons. The summed E-state index contributed by atoms with van der Waals surface area (Å²) in [6.45, 7) is 1.55. The average molecular weight is 622 g/mol.